The van der Waals surface area contributed by atoms with E-state index in [0.717, 1.165) is 24.2 Å². The summed E-state index contributed by atoms with van der Waals surface area (Å²) in [5, 5.41) is 0. The zero-order chi connectivity index (χ0) is 15.6. The van der Waals surface area contributed by atoms with E-state index in [2.05, 4.69) is 19.9 Å². The third-order valence-electron chi connectivity index (χ3n) is 3.91. The van der Waals surface area contributed by atoms with Gasteiger partial charge in [0.2, 0.25) is 0 Å². The third kappa shape index (κ3) is 3.97. The number of esters is 1. The van der Waals surface area contributed by atoms with Crippen LogP contribution >= 0.6 is 0 Å². The number of methoxy groups -OCH3 is 1. The van der Waals surface area contributed by atoms with Crippen LogP contribution in [-0.2, 0) is 16.0 Å². The van der Waals surface area contributed by atoms with Crippen molar-refractivity contribution in [2.75, 3.05) is 7.11 Å². The second-order valence-corrected chi connectivity index (χ2v) is 6.63. The molecule has 1 aliphatic heterocycles. The standard InChI is InChI=1S/C17H25NO3/c1-11(8-16(19)20-4)7-14(18)12-5-6-15-13(9-12)10-17(2,3)21-15/h5-6,9,11,14H,7-8,10,18H2,1-4H3. The average molecular weight is 291 g/mol. The summed E-state index contributed by atoms with van der Waals surface area (Å²) in [5.41, 5.74) is 8.47. The Morgan fingerprint density at radius 2 is 2.19 bits per heavy atom. The minimum atomic E-state index is -0.182. The summed E-state index contributed by atoms with van der Waals surface area (Å²) < 4.78 is 10.6. The van der Waals surface area contributed by atoms with E-state index in [0.29, 0.717) is 6.42 Å². The van der Waals surface area contributed by atoms with Crippen LogP contribution in [0.3, 0.4) is 0 Å². The maximum Gasteiger partial charge on any atom is 0.305 e. The van der Waals surface area contributed by atoms with Crippen LogP contribution < -0.4 is 10.5 Å². The smallest absolute Gasteiger partial charge is 0.305 e. The highest BCUT2D eigenvalue weighted by atomic mass is 16.5. The minimum Gasteiger partial charge on any atom is -0.487 e. The largest absolute Gasteiger partial charge is 0.487 e. The molecule has 0 saturated carbocycles. The van der Waals surface area contributed by atoms with Crippen LogP contribution in [0.5, 0.6) is 5.75 Å². The van der Waals surface area contributed by atoms with E-state index in [1.807, 2.05) is 19.1 Å². The lowest BCUT2D eigenvalue weighted by Crippen LogP contribution is -2.24. The zero-order valence-corrected chi connectivity index (χ0v) is 13.3. The quantitative estimate of drug-likeness (QED) is 0.847. The highest BCUT2D eigenvalue weighted by Crippen LogP contribution is 2.36. The molecule has 4 nitrogen and oxygen atoms in total. The van der Waals surface area contributed by atoms with E-state index in [9.17, 15) is 4.79 Å². The van der Waals surface area contributed by atoms with Gasteiger partial charge in [0, 0.05) is 18.9 Å². The highest BCUT2D eigenvalue weighted by molar-refractivity contribution is 5.69. The maximum absolute atomic E-state index is 11.3. The van der Waals surface area contributed by atoms with Crippen LogP contribution in [-0.4, -0.2) is 18.7 Å². The fraction of sp³-hybridized carbons (Fsp3) is 0.588. The normalized spacial score (nSPS) is 18.5. The van der Waals surface area contributed by atoms with Crippen LogP contribution in [0.15, 0.2) is 18.2 Å². The molecule has 2 rings (SSSR count). The van der Waals surface area contributed by atoms with Crippen LogP contribution in [0.2, 0.25) is 0 Å². The SMILES string of the molecule is COC(=O)CC(C)CC(N)c1ccc2c(c1)CC(C)(C)O2. The lowest BCUT2D eigenvalue weighted by atomic mass is 9.92. The molecule has 2 atom stereocenters. The fourth-order valence-corrected chi connectivity index (χ4v) is 2.88. The van der Waals surface area contributed by atoms with Gasteiger partial charge in [0.05, 0.1) is 7.11 Å². The summed E-state index contributed by atoms with van der Waals surface area (Å²) in [7, 11) is 1.41. The first-order valence-corrected chi connectivity index (χ1v) is 7.45. The van der Waals surface area contributed by atoms with Crippen molar-refractivity contribution >= 4 is 5.97 Å². The highest BCUT2D eigenvalue weighted by Gasteiger charge is 2.30. The molecule has 0 fully saturated rings. The topological polar surface area (TPSA) is 61.5 Å². The van der Waals surface area contributed by atoms with Crippen molar-refractivity contribution in [3.8, 4) is 5.75 Å². The van der Waals surface area contributed by atoms with Gasteiger partial charge in [0.1, 0.15) is 11.4 Å². The molecule has 0 aliphatic carbocycles. The summed E-state index contributed by atoms with van der Waals surface area (Å²) >= 11 is 0. The van der Waals surface area contributed by atoms with E-state index < -0.39 is 0 Å². The van der Waals surface area contributed by atoms with Gasteiger partial charge in [0.25, 0.3) is 0 Å². The molecule has 0 radical (unpaired) electrons. The molecule has 2 unspecified atom stereocenters. The second kappa shape index (κ2) is 6.06. The molecule has 116 valence electrons. The van der Waals surface area contributed by atoms with Gasteiger partial charge in [-0.2, -0.15) is 0 Å². The summed E-state index contributed by atoms with van der Waals surface area (Å²) in [6.07, 6.45) is 2.07. The molecule has 1 aromatic rings. The monoisotopic (exact) mass is 291 g/mol. The van der Waals surface area contributed by atoms with Crippen LogP contribution in [0, 0.1) is 5.92 Å². The molecule has 0 amide bonds. The molecule has 4 heteroatoms. The predicted molar refractivity (Wildman–Crippen MR) is 82.2 cm³/mol. The molecule has 21 heavy (non-hydrogen) atoms. The van der Waals surface area contributed by atoms with Crippen LogP contribution in [0.25, 0.3) is 0 Å². The number of fused-ring (bicyclic) bond motifs is 1. The molecule has 1 heterocycles. The number of hydrogen-bond donors (Lipinski definition) is 1. The van der Waals surface area contributed by atoms with Gasteiger partial charge >= 0.3 is 5.97 Å². The van der Waals surface area contributed by atoms with Gasteiger partial charge in [-0.05, 0) is 43.4 Å². The van der Waals surface area contributed by atoms with Gasteiger partial charge in [-0.15, -0.1) is 0 Å². The predicted octanol–water partition coefficient (Wildman–Crippen LogP) is 2.99. The summed E-state index contributed by atoms with van der Waals surface area (Å²) in [4.78, 5) is 11.3. The molecule has 2 N–H and O–H groups in total. The first-order chi connectivity index (χ1) is 9.80. The Labute approximate surface area is 126 Å². The Morgan fingerprint density at radius 3 is 2.86 bits per heavy atom. The number of ether oxygens (including phenoxy) is 2. The van der Waals surface area contributed by atoms with E-state index in [4.69, 9.17) is 15.2 Å². The van der Waals surface area contributed by atoms with Gasteiger partial charge < -0.3 is 15.2 Å². The Morgan fingerprint density at radius 1 is 1.48 bits per heavy atom. The Hall–Kier alpha value is -1.55. The van der Waals surface area contributed by atoms with Crippen LogP contribution in [0.1, 0.15) is 50.8 Å². The average Bonchev–Trinajstić information content (AvgIpc) is 2.70. The van der Waals surface area contributed by atoms with Gasteiger partial charge in [-0.3, -0.25) is 4.79 Å². The molecule has 0 spiro atoms. The number of benzene rings is 1. The van der Waals surface area contributed by atoms with E-state index in [-0.39, 0.29) is 23.5 Å². The Balaban J connectivity index is 2.01. The molecule has 0 saturated heterocycles. The van der Waals surface area contributed by atoms with Gasteiger partial charge in [-0.25, -0.2) is 0 Å². The number of nitrogens with two attached hydrogens (primary N) is 1. The lowest BCUT2D eigenvalue weighted by Gasteiger charge is -2.17. The first-order valence-electron chi connectivity index (χ1n) is 7.45. The number of hydrogen-bond acceptors (Lipinski definition) is 4. The molecule has 1 aromatic carbocycles. The Bertz CT molecular complexity index is 525. The second-order valence-electron chi connectivity index (χ2n) is 6.63. The van der Waals surface area contributed by atoms with Crippen molar-refractivity contribution in [1.29, 1.82) is 0 Å². The zero-order valence-electron chi connectivity index (χ0n) is 13.3. The van der Waals surface area contributed by atoms with E-state index >= 15 is 0 Å². The molecule has 0 bridgehead atoms. The fourth-order valence-electron chi connectivity index (χ4n) is 2.88. The van der Waals surface area contributed by atoms with Gasteiger partial charge in [-0.1, -0.05) is 19.1 Å². The summed E-state index contributed by atoms with van der Waals surface area (Å²) in [5.74, 6) is 0.978. The Kier molecular flexibility index (Phi) is 4.57. The van der Waals surface area contributed by atoms with Crippen LogP contribution in [0.4, 0.5) is 0 Å². The number of rotatable bonds is 5. The number of carbonyl (C=O) groups is 1. The molecule has 1 aliphatic rings. The number of carbonyl (C=O) groups excluding carboxylic acids is 1. The molecule has 0 aromatic heterocycles. The molecular formula is C17H25NO3. The van der Waals surface area contributed by atoms with E-state index in [1.165, 1.54) is 12.7 Å². The van der Waals surface area contributed by atoms with Crippen molar-refractivity contribution in [3.05, 3.63) is 29.3 Å². The first kappa shape index (κ1) is 15.8. The van der Waals surface area contributed by atoms with Crippen molar-refractivity contribution < 1.29 is 14.3 Å². The van der Waals surface area contributed by atoms with Crippen molar-refractivity contribution in [2.45, 2.75) is 51.7 Å². The lowest BCUT2D eigenvalue weighted by molar-refractivity contribution is -0.141. The van der Waals surface area contributed by atoms with Crippen molar-refractivity contribution in [2.24, 2.45) is 11.7 Å². The van der Waals surface area contributed by atoms with Crippen molar-refractivity contribution in [3.63, 3.8) is 0 Å². The third-order valence-corrected chi connectivity index (χ3v) is 3.91. The van der Waals surface area contributed by atoms with E-state index in [1.54, 1.807) is 0 Å². The van der Waals surface area contributed by atoms with Crippen molar-refractivity contribution in [1.82, 2.24) is 0 Å². The molecular weight excluding hydrogens is 266 g/mol. The summed E-state index contributed by atoms with van der Waals surface area (Å²) in [6, 6.07) is 6.10. The van der Waals surface area contributed by atoms with Gasteiger partial charge in [0.15, 0.2) is 0 Å². The summed E-state index contributed by atoms with van der Waals surface area (Å²) in [6.45, 7) is 6.20. The maximum atomic E-state index is 11.3. The minimum absolute atomic E-state index is 0.0707.